The highest BCUT2D eigenvalue weighted by molar-refractivity contribution is 7.05. The van der Waals surface area contributed by atoms with E-state index in [4.69, 9.17) is 20.9 Å². The summed E-state index contributed by atoms with van der Waals surface area (Å²) in [6.45, 7) is 3.28. The topological polar surface area (TPSA) is 171 Å². The highest BCUT2D eigenvalue weighted by Gasteiger charge is 2.45. The molecule has 0 saturated carbocycles. The van der Waals surface area contributed by atoms with Crippen molar-refractivity contribution in [2.75, 3.05) is 6.61 Å². The fraction of sp³-hybridized carbons (Fsp3) is 0.692. The number of aromatic nitrogens is 2. The van der Waals surface area contributed by atoms with Crippen molar-refractivity contribution in [3.05, 3.63) is 10.8 Å². The van der Waals surface area contributed by atoms with E-state index in [0.29, 0.717) is 0 Å². The number of aliphatic hydroxyl groups is 2. The van der Waals surface area contributed by atoms with E-state index in [2.05, 4.69) is 9.36 Å². The molecule has 1 aromatic rings. The van der Waals surface area contributed by atoms with Crippen LogP contribution in [-0.4, -0.2) is 62.4 Å². The molecule has 0 spiro atoms. The van der Waals surface area contributed by atoms with Gasteiger partial charge in [-0.3, -0.25) is 9.59 Å². The molecule has 1 aromatic heterocycles. The van der Waals surface area contributed by atoms with E-state index in [1.165, 1.54) is 0 Å². The minimum absolute atomic E-state index is 0.0983. The molecule has 1 saturated heterocycles. The van der Waals surface area contributed by atoms with Gasteiger partial charge in [-0.05, 0) is 17.5 Å². The molecule has 1 aliphatic heterocycles. The molecule has 1 fully saturated rings. The Hall–Kier alpha value is -1.66. The second-order valence-electron chi connectivity index (χ2n) is 5.80. The van der Waals surface area contributed by atoms with Gasteiger partial charge in [0.05, 0.1) is 0 Å². The first-order chi connectivity index (χ1) is 11.2. The zero-order valence-electron chi connectivity index (χ0n) is 13.2. The summed E-state index contributed by atoms with van der Waals surface area (Å²) < 4.78 is 14.3. The first-order valence-corrected chi connectivity index (χ1v) is 8.07. The lowest BCUT2D eigenvalue weighted by molar-refractivity contribution is -0.151. The number of esters is 1. The van der Waals surface area contributed by atoms with Crippen molar-refractivity contribution in [3.8, 4) is 0 Å². The van der Waals surface area contributed by atoms with Crippen LogP contribution in [0.5, 0.6) is 0 Å². The van der Waals surface area contributed by atoms with Crippen LogP contribution in [0.3, 0.4) is 0 Å². The number of ether oxygens (including phenoxy) is 2. The van der Waals surface area contributed by atoms with E-state index in [1.807, 2.05) is 0 Å². The Labute approximate surface area is 141 Å². The molecule has 11 heteroatoms. The van der Waals surface area contributed by atoms with Crippen LogP contribution in [0.15, 0.2) is 0 Å². The number of aliphatic hydroxyl groups excluding tert-OH is 2. The molecule has 6 N–H and O–H groups in total. The third-order valence-electron chi connectivity index (χ3n) is 3.65. The molecule has 24 heavy (non-hydrogen) atoms. The van der Waals surface area contributed by atoms with Gasteiger partial charge >= 0.3 is 5.97 Å². The van der Waals surface area contributed by atoms with Crippen molar-refractivity contribution >= 4 is 23.4 Å². The molecule has 0 aromatic carbocycles. The minimum Gasteiger partial charge on any atom is -0.462 e. The second kappa shape index (κ2) is 7.49. The minimum atomic E-state index is -1.30. The first kappa shape index (κ1) is 18.7. The van der Waals surface area contributed by atoms with Crippen LogP contribution >= 0.6 is 11.5 Å². The molecule has 5 atom stereocenters. The number of hydrogen-bond acceptors (Lipinski definition) is 10. The van der Waals surface area contributed by atoms with E-state index in [9.17, 15) is 19.8 Å². The smallest absolute Gasteiger partial charge is 0.323 e. The van der Waals surface area contributed by atoms with E-state index >= 15 is 0 Å². The largest absolute Gasteiger partial charge is 0.462 e. The van der Waals surface area contributed by atoms with Crippen LogP contribution in [0.4, 0.5) is 0 Å². The Morgan fingerprint density at radius 1 is 1.38 bits per heavy atom. The lowest BCUT2D eigenvalue weighted by Crippen LogP contribution is -2.40. The molecule has 2 heterocycles. The van der Waals surface area contributed by atoms with Crippen LogP contribution in [0.25, 0.3) is 0 Å². The molecule has 0 radical (unpaired) electrons. The summed E-state index contributed by atoms with van der Waals surface area (Å²) in [6, 6.07) is -0.787. The Morgan fingerprint density at radius 3 is 2.58 bits per heavy atom. The van der Waals surface area contributed by atoms with Crippen molar-refractivity contribution in [1.82, 2.24) is 9.36 Å². The molecular weight excluding hydrogens is 340 g/mol. The van der Waals surface area contributed by atoms with Gasteiger partial charge in [-0.15, -0.1) is 0 Å². The lowest BCUT2D eigenvalue weighted by Gasteiger charge is -2.18. The summed E-state index contributed by atoms with van der Waals surface area (Å²) in [4.78, 5) is 26.6. The molecule has 1 unspecified atom stereocenters. The summed E-state index contributed by atoms with van der Waals surface area (Å²) in [6.07, 6.45) is -4.54. The Kier molecular flexibility index (Phi) is 5.83. The van der Waals surface area contributed by atoms with Gasteiger partial charge in [0.15, 0.2) is 0 Å². The molecule has 134 valence electrons. The average Bonchev–Trinajstić information content (AvgIpc) is 3.11. The van der Waals surface area contributed by atoms with E-state index in [0.717, 1.165) is 11.5 Å². The predicted octanol–water partition coefficient (Wildman–Crippen LogP) is -1.67. The Balaban J connectivity index is 1.99. The fourth-order valence-electron chi connectivity index (χ4n) is 2.07. The summed E-state index contributed by atoms with van der Waals surface area (Å²) in [5.41, 5.74) is 10.7. The van der Waals surface area contributed by atoms with Crippen LogP contribution in [-0.2, 0) is 14.3 Å². The monoisotopic (exact) mass is 360 g/mol. The van der Waals surface area contributed by atoms with Crippen molar-refractivity contribution in [3.63, 3.8) is 0 Å². The first-order valence-electron chi connectivity index (χ1n) is 7.29. The molecule has 0 bridgehead atoms. The predicted molar refractivity (Wildman–Crippen MR) is 81.8 cm³/mol. The third-order valence-corrected chi connectivity index (χ3v) is 4.42. The SMILES string of the molecule is CC(C)C(N)C(=O)OC[C@H]1O[C@@H](c2nc(C(N)=O)ns2)[C@H](O)[C@@H]1O. The van der Waals surface area contributed by atoms with Crippen molar-refractivity contribution in [1.29, 1.82) is 0 Å². The van der Waals surface area contributed by atoms with Gasteiger partial charge in [0, 0.05) is 0 Å². The quantitative estimate of drug-likeness (QED) is 0.433. The van der Waals surface area contributed by atoms with Crippen molar-refractivity contribution < 1.29 is 29.3 Å². The highest BCUT2D eigenvalue weighted by Crippen LogP contribution is 2.34. The fourth-order valence-corrected chi connectivity index (χ4v) is 2.81. The lowest BCUT2D eigenvalue weighted by atomic mass is 10.1. The Morgan fingerprint density at radius 2 is 2.04 bits per heavy atom. The maximum absolute atomic E-state index is 11.7. The molecule has 2 rings (SSSR count). The van der Waals surface area contributed by atoms with Gasteiger partial charge in [-0.1, -0.05) is 13.8 Å². The standard InChI is InChI=1S/C13H20N4O6S/c1-4(2)6(14)13(21)22-3-5-7(18)8(19)9(23-5)12-16-11(10(15)20)17-24-12/h4-9,18-19H,3,14H2,1-2H3,(H2,15,20)/t5-,6?,7-,8-,9-/m1/s1. The molecule has 0 aliphatic carbocycles. The van der Waals surface area contributed by atoms with Gasteiger partial charge < -0.3 is 31.2 Å². The number of hydrogen-bond donors (Lipinski definition) is 4. The number of carbonyl (C=O) groups excluding carboxylic acids is 2. The van der Waals surface area contributed by atoms with Crippen LogP contribution in [0, 0.1) is 5.92 Å². The van der Waals surface area contributed by atoms with E-state index in [1.54, 1.807) is 13.8 Å². The molecule has 1 aliphatic rings. The maximum Gasteiger partial charge on any atom is 0.323 e. The summed E-state index contributed by atoms with van der Waals surface area (Å²) in [5.74, 6) is -1.72. The second-order valence-corrected chi connectivity index (χ2v) is 6.58. The number of amides is 1. The van der Waals surface area contributed by atoms with Crippen molar-refractivity contribution in [2.45, 2.75) is 44.3 Å². The number of primary amides is 1. The van der Waals surface area contributed by atoms with Crippen LogP contribution in [0.1, 0.15) is 35.6 Å². The molecule has 10 nitrogen and oxygen atoms in total. The van der Waals surface area contributed by atoms with Gasteiger partial charge in [-0.2, -0.15) is 4.37 Å². The molecular formula is C13H20N4O6S. The van der Waals surface area contributed by atoms with E-state index < -0.39 is 42.3 Å². The van der Waals surface area contributed by atoms with Gasteiger partial charge in [0.25, 0.3) is 5.91 Å². The van der Waals surface area contributed by atoms with Gasteiger partial charge in [0.1, 0.15) is 42.1 Å². The zero-order chi connectivity index (χ0) is 18.0. The summed E-state index contributed by atoms with van der Waals surface area (Å²) >= 11 is 0.830. The van der Waals surface area contributed by atoms with Gasteiger partial charge in [-0.25, -0.2) is 4.98 Å². The summed E-state index contributed by atoms with van der Waals surface area (Å²) in [7, 11) is 0. The van der Waals surface area contributed by atoms with E-state index in [-0.39, 0.29) is 23.4 Å². The normalized spacial score (nSPS) is 28.1. The molecule has 1 amide bonds. The number of nitrogens with zero attached hydrogens (tertiary/aromatic N) is 2. The number of nitrogens with two attached hydrogens (primary N) is 2. The number of carbonyl (C=O) groups is 2. The third kappa shape index (κ3) is 3.87. The van der Waals surface area contributed by atoms with Gasteiger partial charge in [0.2, 0.25) is 5.82 Å². The number of rotatable bonds is 6. The average molecular weight is 360 g/mol. The summed E-state index contributed by atoms with van der Waals surface area (Å²) in [5, 5.41) is 20.3. The van der Waals surface area contributed by atoms with Crippen LogP contribution < -0.4 is 11.5 Å². The highest BCUT2D eigenvalue weighted by atomic mass is 32.1. The van der Waals surface area contributed by atoms with Crippen LogP contribution in [0.2, 0.25) is 0 Å². The Bertz CT molecular complexity index is 609. The van der Waals surface area contributed by atoms with Crippen molar-refractivity contribution in [2.24, 2.45) is 17.4 Å². The zero-order valence-corrected chi connectivity index (χ0v) is 14.0. The maximum atomic E-state index is 11.7.